The highest BCUT2D eigenvalue weighted by atomic mass is 16.4. The van der Waals surface area contributed by atoms with Crippen LogP contribution in [0.25, 0.3) is 0 Å². The van der Waals surface area contributed by atoms with Gasteiger partial charge in [-0.2, -0.15) is 5.10 Å². The molecule has 0 bridgehead atoms. The fourth-order valence-electron chi connectivity index (χ4n) is 1.81. The fraction of sp³-hybridized carbons (Fsp3) is 0.214. The van der Waals surface area contributed by atoms with Crippen LogP contribution in [0.15, 0.2) is 36.7 Å². The number of carboxylic acid groups (broad SMARTS) is 1. The number of amides is 1. The number of rotatable bonds is 4. The van der Waals surface area contributed by atoms with Crippen LogP contribution in [-0.4, -0.2) is 26.8 Å². The summed E-state index contributed by atoms with van der Waals surface area (Å²) in [6, 6.07) is 6.06. The van der Waals surface area contributed by atoms with E-state index in [1.54, 1.807) is 44.4 Å². The van der Waals surface area contributed by atoms with Crippen LogP contribution in [0.1, 0.15) is 28.9 Å². The molecule has 0 saturated carbocycles. The number of aromatic carboxylic acids is 1. The van der Waals surface area contributed by atoms with Crippen molar-refractivity contribution >= 4 is 17.6 Å². The van der Waals surface area contributed by atoms with E-state index in [9.17, 15) is 9.59 Å². The third kappa shape index (κ3) is 2.85. The number of hydrogen-bond acceptors (Lipinski definition) is 3. The molecule has 6 heteroatoms. The first-order valence-electron chi connectivity index (χ1n) is 6.13. The highest BCUT2D eigenvalue weighted by Gasteiger charge is 2.18. The molecule has 1 heterocycles. The van der Waals surface area contributed by atoms with Crippen LogP contribution in [0.2, 0.25) is 0 Å². The highest BCUT2D eigenvalue weighted by molar-refractivity contribution is 6.01. The van der Waals surface area contributed by atoms with Crippen molar-refractivity contribution in [2.24, 2.45) is 0 Å². The molecule has 2 N–H and O–H groups in total. The molecule has 1 aromatic heterocycles. The summed E-state index contributed by atoms with van der Waals surface area (Å²) in [5, 5.41) is 15.8. The van der Waals surface area contributed by atoms with Crippen molar-refractivity contribution in [3.05, 3.63) is 47.8 Å². The molecule has 20 heavy (non-hydrogen) atoms. The average molecular weight is 273 g/mol. The van der Waals surface area contributed by atoms with Gasteiger partial charge in [0.2, 0.25) is 5.91 Å². The van der Waals surface area contributed by atoms with E-state index in [2.05, 4.69) is 10.4 Å². The van der Waals surface area contributed by atoms with Crippen molar-refractivity contribution < 1.29 is 14.7 Å². The Hall–Kier alpha value is -2.63. The zero-order chi connectivity index (χ0) is 14.7. The summed E-state index contributed by atoms with van der Waals surface area (Å²) >= 11 is 0. The first-order chi connectivity index (χ1) is 9.49. The van der Waals surface area contributed by atoms with Gasteiger partial charge in [0.1, 0.15) is 6.04 Å². The summed E-state index contributed by atoms with van der Waals surface area (Å²) in [6.07, 6.45) is 3.26. The molecule has 0 saturated heterocycles. The monoisotopic (exact) mass is 273 g/mol. The topological polar surface area (TPSA) is 84.2 Å². The molecule has 0 aliphatic rings. The molecule has 2 aromatic rings. The minimum atomic E-state index is -1.07. The van der Waals surface area contributed by atoms with E-state index in [1.165, 1.54) is 10.7 Å². The first-order valence-corrected chi connectivity index (χ1v) is 6.13. The summed E-state index contributed by atoms with van der Waals surface area (Å²) in [4.78, 5) is 23.3. The molecule has 6 nitrogen and oxygen atoms in total. The van der Waals surface area contributed by atoms with Crippen molar-refractivity contribution in [1.82, 2.24) is 9.78 Å². The molecule has 0 aliphatic heterocycles. The Kier molecular flexibility index (Phi) is 3.84. The third-order valence-corrected chi connectivity index (χ3v) is 2.96. The number of carbonyl (C=O) groups excluding carboxylic acids is 1. The second-order valence-corrected chi connectivity index (χ2v) is 4.51. The van der Waals surface area contributed by atoms with Gasteiger partial charge < -0.3 is 10.4 Å². The number of carboxylic acids is 1. The van der Waals surface area contributed by atoms with E-state index in [-0.39, 0.29) is 17.2 Å². The maximum Gasteiger partial charge on any atom is 0.337 e. The van der Waals surface area contributed by atoms with Crippen molar-refractivity contribution in [1.29, 1.82) is 0 Å². The van der Waals surface area contributed by atoms with Crippen LogP contribution in [0.4, 0.5) is 5.69 Å². The van der Waals surface area contributed by atoms with Gasteiger partial charge in [0.15, 0.2) is 0 Å². The lowest BCUT2D eigenvalue weighted by Crippen LogP contribution is -2.25. The molecule has 1 aromatic carbocycles. The molecule has 104 valence electrons. The summed E-state index contributed by atoms with van der Waals surface area (Å²) in [5.74, 6) is -1.39. The number of nitrogens with zero attached hydrogens (tertiary/aromatic N) is 2. The van der Waals surface area contributed by atoms with Gasteiger partial charge in [-0.1, -0.05) is 11.6 Å². The molecule has 1 atom stereocenters. The van der Waals surface area contributed by atoms with E-state index in [1.807, 2.05) is 0 Å². The van der Waals surface area contributed by atoms with Gasteiger partial charge in [-0.3, -0.25) is 9.48 Å². The number of hydrogen-bond donors (Lipinski definition) is 2. The largest absolute Gasteiger partial charge is 0.478 e. The highest BCUT2D eigenvalue weighted by Crippen LogP contribution is 2.19. The predicted octanol–water partition coefficient (Wildman–Crippen LogP) is 2.09. The van der Waals surface area contributed by atoms with Crippen LogP contribution in [-0.2, 0) is 4.79 Å². The third-order valence-electron chi connectivity index (χ3n) is 2.96. The van der Waals surface area contributed by atoms with Crippen LogP contribution < -0.4 is 5.32 Å². The zero-order valence-corrected chi connectivity index (χ0v) is 11.2. The molecule has 0 fully saturated rings. The van der Waals surface area contributed by atoms with Gasteiger partial charge in [0.05, 0.1) is 11.3 Å². The standard InChI is InChI=1S/C14H15N3O3/c1-9-4-5-12(11(8-9)14(19)20)16-13(18)10(2)17-7-3-6-15-17/h3-8,10H,1-2H3,(H,16,18)(H,19,20). The Balaban J connectivity index is 2.22. The Morgan fingerprint density at radius 1 is 1.40 bits per heavy atom. The molecule has 0 spiro atoms. The molecular weight excluding hydrogens is 258 g/mol. The normalized spacial score (nSPS) is 11.9. The smallest absolute Gasteiger partial charge is 0.337 e. The molecule has 0 radical (unpaired) electrons. The predicted molar refractivity (Wildman–Crippen MR) is 73.7 cm³/mol. The van der Waals surface area contributed by atoms with Gasteiger partial charge in [0, 0.05) is 12.4 Å². The van der Waals surface area contributed by atoms with Gasteiger partial charge >= 0.3 is 5.97 Å². The minimum absolute atomic E-state index is 0.0750. The van der Waals surface area contributed by atoms with Gasteiger partial charge in [-0.25, -0.2) is 4.79 Å². The van der Waals surface area contributed by atoms with E-state index in [4.69, 9.17) is 5.11 Å². The maximum absolute atomic E-state index is 12.1. The minimum Gasteiger partial charge on any atom is -0.478 e. The van der Waals surface area contributed by atoms with Gasteiger partial charge in [-0.15, -0.1) is 0 Å². The molecule has 0 aliphatic carbocycles. The van der Waals surface area contributed by atoms with Crippen LogP contribution >= 0.6 is 0 Å². The summed E-state index contributed by atoms with van der Waals surface area (Å²) < 4.78 is 1.50. The lowest BCUT2D eigenvalue weighted by Gasteiger charge is -2.14. The lowest BCUT2D eigenvalue weighted by atomic mass is 10.1. The molecule has 1 unspecified atom stereocenters. The molecule has 2 rings (SSSR count). The second-order valence-electron chi connectivity index (χ2n) is 4.51. The van der Waals surface area contributed by atoms with Crippen LogP contribution in [0.5, 0.6) is 0 Å². The molecule has 1 amide bonds. The first kappa shape index (κ1) is 13.8. The van der Waals surface area contributed by atoms with Gasteiger partial charge in [0.25, 0.3) is 0 Å². The quantitative estimate of drug-likeness (QED) is 0.893. The lowest BCUT2D eigenvalue weighted by molar-refractivity contribution is -0.119. The Morgan fingerprint density at radius 2 is 2.15 bits per heavy atom. The Bertz CT molecular complexity index is 635. The molecular formula is C14H15N3O3. The van der Waals surface area contributed by atoms with E-state index in [0.29, 0.717) is 0 Å². The van der Waals surface area contributed by atoms with Crippen LogP contribution in [0, 0.1) is 6.92 Å². The van der Waals surface area contributed by atoms with Crippen molar-refractivity contribution in [3.8, 4) is 0 Å². The average Bonchev–Trinajstić information content (AvgIpc) is 2.93. The van der Waals surface area contributed by atoms with Gasteiger partial charge in [-0.05, 0) is 32.0 Å². The van der Waals surface area contributed by atoms with E-state index < -0.39 is 12.0 Å². The maximum atomic E-state index is 12.1. The number of anilines is 1. The second kappa shape index (κ2) is 5.56. The van der Waals surface area contributed by atoms with Crippen molar-refractivity contribution in [3.63, 3.8) is 0 Å². The number of aromatic nitrogens is 2. The van der Waals surface area contributed by atoms with Crippen molar-refractivity contribution in [2.45, 2.75) is 19.9 Å². The van der Waals surface area contributed by atoms with E-state index in [0.717, 1.165) is 5.56 Å². The number of aryl methyl sites for hydroxylation is 1. The summed E-state index contributed by atoms with van der Waals surface area (Å²) in [5.41, 5.74) is 1.18. The summed E-state index contributed by atoms with van der Waals surface area (Å²) in [6.45, 7) is 3.49. The number of benzene rings is 1. The summed E-state index contributed by atoms with van der Waals surface area (Å²) in [7, 11) is 0. The Labute approximate surface area is 116 Å². The van der Waals surface area contributed by atoms with Crippen molar-refractivity contribution in [2.75, 3.05) is 5.32 Å². The number of carbonyl (C=O) groups is 2. The SMILES string of the molecule is Cc1ccc(NC(=O)C(C)n2cccn2)c(C(=O)O)c1. The Morgan fingerprint density at radius 3 is 2.75 bits per heavy atom. The van der Waals surface area contributed by atoms with E-state index >= 15 is 0 Å². The van der Waals surface area contributed by atoms with Crippen LogP contribution in [0.3, 0.4) is 0 Å². The zero-order valence-electron chi connectivity index (χ0n) is 11.2. The number of nitrogens with one attached hydrogen (secondary N) is 1. The fourth-order valence-corrected chi connectivity index (χ4v) is 1.81.